The van der Waals surface area contributed by atoms with Gasteiger partial charge in [-0.05, 0) is 157 Å². The van der Waals surface area contributed by atoms with E-state index in [1.807, 2.05) is 113 Å². The van der Waals surface area contributed by atoms with Crippen molar-refractivity contribution >= 4 is 54.3 Å². The van der Waals surface area contributed by atoms with Crippen LogP contribution in [0.25, 0.3) is 0 Å². The van der Waals surface area contributed by atoms with Crippen LogP contribution in [0.1, 0.15) is 194 Å². The number of nitrogens with one attached hydrogen (secondary N) is 5. The first kappa shape index (κ1) is 75.9. The van der Waals surface area contributed by atoms with Gasteiger partial charge < -0.3 is 56.0 Å². The van der Waals surface area contributed by atoms with Crippen LogP contribution in [-0.4, -0.2) is 114 Å². The number of alkyl carbamates (subject to hydrolysis) is 1. The molecule has 22 heteroatoms. The van der Waals surface area contributed by atoms with Gasteiger partial charge in [-0.15, -0.1) is 0 Å². The lowest BCUT2D eigenvalue weighted by Crippen LogP contribution is -2.53. The van der Waals surface area contributed by atoms with Crippen LogP contribution in [0.5, 0.6) is 0 Å². The number of benzene rings is 1. The minimum Gasteiger partial charge on any atom is -0.460 e. The summed E-state index contributed by atoms with van der Waals surface area (Å²) in [7, 11) is 0. The predicted octanol–water partition coefficient (Wildman–Crippen LogP) is 8.12. The molecule has 5 amide bonds. The molecular weight excluding hydrogens is 1010 g/mol. The highest BCUT2D eigenvalue weighted by molar-refractivity contribution is 5.84. The number of hydrogen-bond donors (Lipinski definition) is 6. The SMILES string of the molecule is CC(C)(C)OC(=O)CC[C@H](NC(=O)N[C@@H](CCCCN)C(=O)OC(C)(C)C)C(C)(C)C.CC(C)(C)OC(=O)CC[C@H](NC(=O)N[C@@H](CCCCNC(=O)OCc1ccccc1)C(=O)OC(C)(C)C)C(C)(C)C.O=C=O.O=C=O. The number of carbonyl (C=O) groups excluding carboxylic acids is 11. The number of amides is 5. The van der Waals surface area contributed by atoms with Crippen molar-refractivity contribution in [2.45, 2.75) is 242 Å². The lowest BCUT2D eigenvalue weighted by Gasteiger charge is -2.32. The Bertz CT molecular complexity index is 2000. The fourth-order valence-corrected chi connectivity index (χ4v) is 6.64. The molecular formula is C56H96N6O16. The Hall–Kier alpha value is -6.37. The maximum Gasteiger partial charge on any atom is 0.407 e. The van der Waals surface area contributed by atoms with Crippen LogP contribution in [0.4, 0.5) is 14.4 Å². The molecule has 0 bridgehead atoms. The molecule has 0 aliphatic rings. The second kappa shape index (κ2) is 37.4. The molecule has 0 spiro atoms. The highest BCUT2D eigenvalue weighted by Crippen LogP contribution is 2.25. The Morgan fingerprint density at radius 3 is 1.15 bits per heavy atom. The summed E-state index contributed by atoms with van der Waals surface area (Å²) in [4.78, 5) is 120. The molecule has 0 radical (unpaired) electrons. The molecule has 0 aliphatic carbocycles. The molecule has 0 saturated carbocycles. The summed E-state index contributed by atoms with van der Waals surface area (Å²) >= 11 is 0. The maximum atomic E-state index is 13.0. The van der Waals surface area contributed by atoms with E-state index in [1.54, 1.807) is 41.5 Å². The van der Waals surface area contributed by atoms with E-state index in [4.69, 9.17) is 48.6 Å². The molecule has 78 heavy (non-hydrogen) atoms. The second-order valence-corrected chi connectivity index (χ2v) is 24.4. The van der Waals surface area contributed by atoms with Crippen LogP contribution >= 0.6 is 0 Å². The zero-order valence-corrected chi connectivity index (χ0v) is 50.0. The van der Waals surface area contributed by atoms with Gasteiger partial charge in [-0.25, -0.2) is 24.0 Å². The van der Waals surface area contributed by atoms with Crippen molar-refractivity contribution in [2.24, 2.45) is 16.6 Å². The van der Waals surface area contributed by atoms with Gasteiger partial charge >= 0.3 is 54.3 Å². The molecule has 1 rings (SSSR count). The van der Waals surface area contributed by atoms with Crippen molar-refractivity contribution in [3.63, 3.8) is 0 Å². The normalized spacial score (nSPS) is 13.0. The minimum absolute atomic E-state index is 0.149. The van der Waals surface area contributed by atoms with Crippen molar-refractivity contribution in [3.05, 3.63) is 35.9 Å². The van der Waals surface area contributed by atoms with Crippen molar-refractivity contribution in [1.82, 2.24) is 26.6 Å². The van der Waals surface area contributed by atoms with E-state index in [0.717, 1.165) is 12.0 Å². The van der Waals surface area contributed by atoms with Crippen LogP contribution < -0.4 is 32.3 Å². The van der Waals surface area contributed by atoms with Gasteiger partial charge in [-0.3, -0.25) is 9.59 Å². The topological polar surface area (TPSA) is 320 Å². The highest BCUT2D eigenvalue weighted by atomic mass is 16.6. The summed E-state index contributed by atoms with van der Waals surface area (Å²) in [5, 5.41) is 14.0. The van der Waals surface area contributed by atoms with Crippen LogP contribution in [0.15, 0.2) is 30.3 Å². The zero-order chi connectivity index (χ0) is 61.1. The predicted molar refractivity (Wildman–Crippen MR) is 291 cm³/mol. The summed E-state index contributed by atoms with van der Waals surface area (Å²) in [5.74, 6) is -1.65. The summed E-state index contributed by atoms with van der Waals surface area (Å²) in [5.41, 5.74) is 3.30. The first-order chi connectivity index (χ1) is 35.6. The Morgan fingerprint density at radius 2 is 0.833 bits per heavy atom. The maximum absolute atomic E-state index is 13.0. The third-order valence-electron chi connectivity index (χ3n) is 10.2. The Labute approximate surface area is 463 Å². The monoisotopic (exact) mass is 1110 g/mol. The van der Waals surface area contributed by atoms with E-state index in [-0.39, 0.29) is 66.6 Å². The molecule has 0 aliphatic heterocycles. The first-order valence-corrected chi connectivity index (χ1v) is 26.3. The van der Waals surface area contributed by atoms with Gasteiger partial charge in [0.05, 0.1) is 0 Å². The molecule has 0 fully saturated rings. The number of nitrogens with two attached hydrogens (primary N) is 1. The number of urea groups is 2. The lowest BCUT2D eigenvalue weighted by molar-refractivity contribution is -0.193. The Morgan fingerprint density at radius 1 is 0.487 bits per heavy atom. The molecule has 1 aromatic rings. The van der Waals surface area contributed by atoms with Gasteiger partial charge in [-0.2, -0.15) is 19.2 Å². The van der Waals surface area contributed by atoms with Gasteiger partial charge in [0, 0.05) is 31.5 Å². The number of carbonyl (C=O) groups is 7. The van der Waals surface area contributed by atoms with Gasteiger partial charge in [0.15, 0.2) is 0 Å². The summed E-state index contributed by atoms with van der Waals surface area (Å²) < 4.78 is 27.0. The molecule has 7 N–H and O–H groups in total. The molecule has 0 aromatic heterocycles. The fraction of sp³-hybridized carbons (Fsp3) is 0.732. The number of ether oxygens (including phenoxy) is 5. The number of hydrogen-bond acceptors (Lipinski definition) is 17. The average molecular weight is 1110 g/mol. The van der Waals surface area contributed by atoms with Crippen molar-refractivity contribution in [1.29, 1.82) is 0 Å². The number of esters is 4. The van der Waals surface area contributed by atoms with E-state index in [9.17, 15) is 33.6 Å². The smallest absolute Gasteiger partial charge is 0.407 e. The fourth-order valence-electron chi connectivity index (χ4n) is 6.64. The second-order valence-electron chi connectivity index (χ2n) is 24.4. The number of rotatable bonds is 23. The summed E-state index contributed by atoms with van der Waals surface area (Å²) in [6.45, 7) is 34.4. The van der Waals surface area contributed by atoms with Gasteiger partial charge in [-0.1, -0.05) is 71.9 Å². The molecule has 0 saturated heterocycles. The lowest BCUT2D eigenvalue weighted by atomic mass is 9.84. The third-order valence-corrected chi connectivity index (χ3v) is 10.2. The molecule has 446 valence electrons. The van der Waals surface area contributed by atoms with E-state index < -0.39 is 64.6 Å². The van der Waals surface area contributed by atoms with Crippen molar-refractivity contribution in [3.8, 4) is 0 Å². The van der Waals surface area contributed by atoms with Crippen molar-refractivity contribution in [2.75, 3.05) is 13.1 Å². The molecule has 4 atom stereocenters. The third kappa shape index (κ3) is 44.7. The van der Waals surface area contributed by atoms with Crippen LogP contribution in [0.2, 0.25) is 0 Å². The van der Waals surface area contributed by atoms with Crippen LogP contribution in [0.3, 0.4) is 0 Å². The molecule has 22 nitrogen and oxygen atoms in total. The highest BCUT2D eigenvalue weighted by Gasteiger charge is 2.33. The summed E-state index contributed by atoms with van der Waals surface area (Å²) in [6.07, 6.45) is 4.46. The van der Waals surface area contributed by atoms with E-state index in [1.165, 1.54) is 0 Å². The van der Waals surface area contributed by atoms with Crippen molar-refractivity contribution < 1.29 is 76.4 Å². The van der Waals surface area contributed by atoms with Gasteiger partial charge in [0.2, 0.25) is 0 Å². The molecule has 1 aromatic carbocycles. The van der Waals surface area contributed by atoms with Gasteiger partial charge in [0.25, 0.3) is 0 Å². The Balaban J connectivity index is -0.00000135. The van der Waals surface area contributed by atoms with E-state index in [2.05, 4.69) is 26.6 Å². The van der Waals surface area contributed by atoms with E-state index >= 15 is 0 Å². The standard InChI is InChI=1S/C31H51N3O7.C23H45N3O5.2CO2/c1-29(2,3)24(18-19-25(35)40-30(4,5)6)34-27(37)33-23(26(36)41-31(7,8)9)17-13-14-20-32-28(38)39-21-22-15-11-10-12-16-22;1-21(2,3)17(13-14-18(27)30-22(4,5)6)26-20(29)25-16(12-10-11-15-24)19(28)31-23(7,8)9;2*2-1-3/h10-12,15-16,23-24H,13-14,17-21H2,1-9H3,(H,32,38)(H2,33,34,37);16-17H,10-15,24H2,1-9H3,(H2,25,26,29);;/t23-,24-;16-,17-;;/m00../s1. The number of unbranched alkanes of at least 4 members (excludes halogenated alkanes) is 2. The van der Waals surface area contributed by atoms with Gasteiger partial charge in [0.1, 0.15) is 41.1 Å². The Kier molecular flexibility index (Phi) is 36.4. The summed E-state index contributed by atoms with van der Waals surface area (Å²) in [6, 6.07) is 6.11. The zero-order valence-electron chi connectivity index (χ0n) is 50.0. The molecule has 0 heterocycles. The molecule has 0 unspecified atom stereocenters. The minimum atomic E-state index is -0.884. The first-order valence-electron chi connectivity index (χ1n) is 26.3. The largest absolute Gasteiger partial charge is 0.460 e. The van der Waals surface area contributed by atoms with Crippen LogP contribution in [-0.2, 0) is 68.6 Å². The quantitative estimate of drug-likeness (QED) is 0.0342. The van der Waals surface area contributed by atoms with Crippen LogP contribution in [0, 0.1) is 10.8 Å². The van der Waals surface area contributed by atoms with E-state index in [0.29, 0.717) is 58.0 Å². The average Bonchev–Trinajstić information content (AvgIpc) is 3.25.